The Hall–Kier alpha value is -0.260. The van der Waals surface area contributed by atoms with Gasteiger partial charge in [0.05, 0.1) is 5.54 Å². The molecule has 116 valence electrons. The fourth-order valence-electron chi connectivity index (χ4n) is 3.26. The molecular formula is C15H29N3OS. The average Bonchev–Trinajstić information content (AvgIpc) is 2.48. The van der Waals surface area contributed by atoms with E-state index in [2.05, 4.69) is 35.6 Å². The molecule has 0 spiro atoms. The van der Waals surface area contributed by atoms with E-state index in [0.29, 0.717) is 11.3 Å². The molecule has 0 aromatic rings. The van der Waals surface area contributed by atoms with Gasteiger partial charge in [0.2, 0.25) is 5.91 Å². The van der Waals surface area contributed by atoms with E-state index in [9.17, 15) is 4.79 Å². The first kappa shape index (κ1) is 16.1. The van der Waals surface area contributed by atoms with Crippen molar-refractivity contribution in [3.05, 3.63) is 0 Å². The second-order valence-electron chi connectivity index (χ2n) is 6.43. The molecule has 2 atom stereocenters. The molecule has 1 saturated heterocycles. The lowest BCUT2D eigenvalue weighted by atomic mass is 9.93. The van der Waals surface area contributed by atoms with Crippen molar-refractivity contribution in [3.8, 4) is 0 Å². The number of hydrogen-bond donors (Lipinski definition) is 2. The number of amides is 1. The quantitative estimate of drug-likeness (QED) is 0.825. The van der Waals surface area contributed by atoms with Gasteiger partial charge in [-0.05, 0) is 32.9 Å². The van der Waals surface area contributed by atoms with Crippen LogP contribution in [0, 0.1) is 0 Å². The summed E-state index contributed by atoms with van der Waals surface area (Å²) in [5, 5.41) is 7.27. The first-order valence-corrected chi connectivity index (χ1v) is 9.14. The fourth-order valence-corrected chi connectivity index (χ4v) is 4.19. The van der Waals surface area contributed by atoms with Gasteiger partial charge in [-0.2, -0.15) is 11.8 Å². The summed E-state index contributed by atoms with van der Waals surface area (Å²) in [6, 6.07) is 0.355. The van der Waals surface area contributed by atoms with Crippen LogP contribution < -0.4 is 10.6 Å². The maximum Gasteiger partial charge on any atom is 0.240 e. The van der Waals surface area contributed by atoms with Crippen LogP contribution >= 0.6 is 11.8 Å². The average molecular weight is 299 g/mol. The topological polar surface area (TPSA) is 44.4 Å². The molecule has 1 heterocycles. The molecule has 0 radical (unpaired) electrons. The summed E-state index contributed by atoms with van der Waals surface area (Å²) in [5.41, 5.74) is -0.400. The highest BCUT2D eigenvalue weighted by Crippen LogP contribution is 2.28. The molecule has 0 aromatic carbocycles. The van der Waals surface area contributed by atoms with Crippen LogP contribution in [0.3, 0.4) is 0 Å². The van der Waals surface area contributed by atoms with E-state index < -0.39 is 5.54 Å². The van der Waals surface area contributed by atoms with Crippen LogP contribution in [0.25, 0.3) is 0 Å². The zero-order valence-corrected chi connectivity index (χ0v) is 13.9. The first-order valence-electron chi connectivity index (χ1n) is 7.85. The summed E-state index contributed by atoms with van der Waals surface area (Å²) in [6.07, 6.45) is 7.08. The lowest BCUT2D eigenvalue weighted by Gasteiger charge is -2.41. The van der Waals surface area contributed by atoms with Crippen LogP contribution in [0.2, 0.25) is 0 Å². The summed E-state index contributed by atoms with van der Waals surface area (Å²) in [5.74, 6) is 0.199. The van der Waals surface area contributed by atoms with Gasteiger partial charge in [0.25, 0.3) is 0 Å². The Morgan fingerprint density at radius 3 is 2.55 bits per heavy atom. The van der Waals surface area contributed by atoms with Crippen molar-refractivity contribution in [1.82, 2.24) is 15.5 Å². The zero-order valence-electron chi connectivity index (χ0n) is 13.1. The highest BCUT2D eigenvalue weighted by molar-refractivity contribution is 7.99. The van der Waals surface area contributed by atoms with Crippen LogP contribution in [-0.2, 0) is 4.79 Å². The van der Waals surface area contributed by atoms with Crippen LogP contribution in [0.4, 0.5) is 0 Å². The minimum absolute atomic E-state index is 0.199. The third-order valence-electron chi connectivity index (χ3n) is 4.79. The number of thioether (sulfide) groups is 1. The Balaban J connectivity index is 1.94. The number of carbonyl (C=O) groups is 1. The Labute approximate surface area is 127 Å². The van der Waals surface area contributed by atoms with Gasteiger partial charge in [0.15, 0.2) is 0 Å². The van der Waals surface area contributed by atoms with E-state index in [1.54, 1.807) is 0 Å². The molecule has 0 aromatic heterocycles. The molecule has 1 saturated carbocycles. The lowest BCUT2D eigenvalue weighted by Crippen LogP contribution is -2.62. The minimum atomic E-state index is -0.400. The van der Waals surface area contributed by atoms with E-state index in [-0.39, 0.29) is 5.91 Å². The number of nitrogens with zero attached hydrogens (tertiary/aromatic N) is 1. The summed E-state index contributed by atoms with van der Waals surface area (Å²) in [7, 11) is 0. The number of carbonyl (C=O) groups excluding carboxylic acids is 1. The summed E-state index contributed by atoms with van der Waals surface area (Å²) < 4.78 is 0. The molecule has 4 nitrogen and oxygen atoms in total. The predicted molar refractivity (Wildman–Crippen MR) is 86.2 cm³/mol. The number of rotatable bonds is 4. The Bertz CT molecular complexity index is 329. The fraction of sp³-hybridized carbons (Fsp3) is 0.933. The Morgan fingerprint density at radius 1 is 1.25 bits per heavy atom. The molecule has 1 aliphatic carbocycles. The van der Waals surface area contributed by atoms with Crippen LogP contribution in [0.15, 0.2) is 0 Å². The summed E-state index contributed by atoms with van der Waals surface area (Å²) in [6.45, 7) is 7.99. The van der Waals surface area contributed by atoms with Crippen LogP contribution in [-0.4, -0.2) is 60.1 Å². The summed E-state index contributed by atoms with van der Waals surface area (Å²) >= 11 is 1.90. The van der Waals surface area contributed by atoms with Crippen molar-refractivity contribution in [2.24, 2.45) is 0 Å². The van der Waals surface area contributed by atoms with E-state index in [1.807, 2.05) is 11.8 Å². The normalized spacial score (nSPS) is 29.1. The molecule has 0 bridgehead atoms. The molecule has 2 aliphatic rings. The van der Waals surface area contributed by atoms with Crippen molar-refractivity contribution in [3.63, 3.8) is 0 Å². The molecule has 2 unspecified atom stereocenters. The van der Waals surface area contributed by atoms with Crippen molar-refractivity contribution in [1.29, 1.82) is 0 Å². The number of piperazine rings is 1. The third-order valence-corrected chi connectivity index (χ3v) is 5.95. The van der Waals surface area contributed by atoms with Gasteiger partial charge in [0.1, 0.15) is 0 Å². The molecule has 5 heteroatoms. The highest BCUT2D eigenvalue weighted by Gasteiger charge is 2.37. The van der Waals surface area contributed by atoms with E-state index in [1.165, 1.54) is 19.3 Å². The molecule has 1 aliphatic heterocycles. The van der Waals surface area contributed by atoms with Crippen LogP contribution in [0.1, 0.15) is 39.5 Å². The molecular weight excluding hydrogens is 270 g/mol. The summed E-state index contributed by atoms with van der Waals surface area (Å²) in [4.78, 5) is 15.0. The Kier molecular flexibility index (Phi) is 5.75. The molecule has 2 rings (SSSR count). The maximum atomic E-state index is 12.7. The van der Waals surface area contributed by atoms with Gasteiger partial charge in [-0.1, -0.05) is 12.8 Å². The van der Waals surface area contributed by atoms with Gasteiger partial charge in [-0.25, -0.2) is 0 Å². The number of nitrogens with one attached hydrogen (secondary N) is 2. The largest absolute Gasteiger partial charge is 0.351 e. The van der Waals surface area contributed by atoms with Gasteiger partial charge in [-0.15, -0.1) is 0 Å². The second kappa shape index (κ2) is 7.14. The number of hydrogen-bond acceptors (Lipinski definition) is 4. The monoisotopic (exact) mass is 299 g/mol. The van der Waals surface area contributed by atoms with E-state index in [4.69, 9.17) is 0 Å². The van der Waals surface area contributed by atoms with Gasteiger partial charge < -0.3 is 10.6 Å². The predicted octanol–water partition coefficient (Wildman–Crippen LogP) is 1.46. The van der Waals surface area contributed by atoms with Gasteiger partial charge >= 0.3 is 0 Å². The second-order valence-corrected chi connectivity index (χ2v) is 7.51. The molecule has 1 amide bonds. The van der Waals surface area contributed by atoms with Gasteiger partial charge in [-0.3, -0.25) is 9.69 Å². The van der Waals surface area contributed by atoms with Gasteiger partial charge in [0, 0.05) is 37.5 Å². The van der Waals surface area contributed by atoms with Crippen molar-refractivity contribution < 1.29 is 4.79 Å². The van der Waals surface area contributed by atoms with Crippen molar-refractivity contribution >= 4 is 17.7 Å². The minimum Gasteiger partial charge on any atom is -0.351 e. The standard InChI is InChI=1S/C15H29N3OS/c1-15(2,18-10-8-16-9-11-18)14(19)17-12-6-4-5-7-13(12)20-3/h12-13,16H,4-11H2,1-3H3,(H,17,19). The van der Waals surface area contributed by atoms with E-state index in [0.717, 1.165) is 32.6 Å². The van der Waals surface area contributed by atoms with Crippen molar-refractivity contribution in [2.45, 2.75) is 56.4 Å². The molecule has 2 N–H and O–H groups in total. The molecule has 20 heavy (non-hydrogen) atoms. The van der Waals surface area contributed by atoms with Crippen molar-refractivity contribution in [2.75, 3.05) is 32.4 Å². The third kappa shape index (κ3) is 3.68. The maximum absolute atomic E-state index is 12.7. The Morgan fingerprint density at radius 2 is 1.90 bits per heavy atom. The highest BCUT2D eigenvalue weighted by atomic mass is 32.2. The molecule has 2 fully saturated rings. The first-order chi connectivity index (χ1) is 9.55. The smallest absolute Gasteiger partial charge is 0.240 e. The van der Waals surface area contributed by atoms with E-state index >= 15 is 0 Å². The van der Waals surface area contributed by atoms with Crippen LogP contribution in [0.5, 0.6) is 0 Å². The SMILES string of the molecule is CSC1CCCCC1NC(=O)C(C)(C)N1CCNCC1. The lowest BCUT2D eigenvalue weighted by molar-refractivity contribution is -0.133. The zero-order chi connectivity index (χ0) is 14.6.